The number of nitro groups is 1. The maximum absolute atomic E-state index is 12.8. The molecule has 0 aliphatic heterocycles. The van der Waals surface area contributed by atoms with Crippen LogP contribution in [0.15, 0.2) is 47.6 Å². The molecule has 0 atom stereocenters. The van der Waals surface area contributed by atoms with E-state index in [0.717, 1.165) is 40.3 Å². The fourth-order valence-corrected chi connectivity index (χ4v) is 3.42. The Morgan fingerprint density at radius 2 is 1.87 bits per heavy atom. The van der Waals surface area contributed by atoms with Crippen molar-refractivity contribution in [2.75, 3.05) is 5.43 Å². The molecule has 10 heteroatoms. The Morgan fingerprint density at radius 3 is 2.52 bits per heavy atom. The molecule has 3 rings (SSSR count). The number of nitrogens with zero attached hydrogens (tertiary/aromatic N) is 3. The average Bonchev–Trinajstić information content (AvgIpc) is 2.97. The number of benzene rings is 2. The highest BCUT2D eigenvalue weighted by molar-refractivity contribution is 6.31. The summed E-state index contributed by atoms with van der Waals surface area (Å²) in [5.74, 6) is 0. The lowest BCUT2D eigenvalue weighted by molar-refractivity contribution is -0.384. The smallest absolute Gasteiger partial charge is 0.318 e. The van der Waals surface area contributed by atoms with E-state index in [1.54, 1.807) is 6.07 Å². The Hall–Kier alpha value is -3.33. The Labute approximate surface area is 181 Å². The van der Waals surface area contributed by atoms with Gasteiger partial charge in [0.1, 0.15) is 5.69 Å². The van der Waals surface area contributed by atoms with Crippen LogP contribution in [0.2, 0.25) is 5.02 Å². The van der Waals surface area contributed by atoms with Crippen LogP contribution in [-0.4, -0.2) is 15.7 Å². The van der Waals surface area contributed by atoms with Crippen LogP contribution in [0, 0.1) is 30.9 Å². The molecule has 31 heavy (non-hydrogen) atoms. The summed E-state index contributed by atoms with van der Waals surface area (Å²) in [5.41, 5.74) is 4.84. The fourth-order valence-electron chi connectivity index (χ4n) is 3.25. The van der Waals surface area contributed by atoms with Gasteiger partial charge in [0.05, 0.1) is 16.7 Å². The first kappa shape index (κ1) is 22.4. The first-order valence-corrected chi connectivity index (χ1v) is 9.47. The van der Waals surface area contributed by atoms with Gasteiger partial charge in [0.2, 0.25) is 0 Å². The Balaban J connectivity index is 1.91. The third-order valence-electron chi connectivity index (χ3n) is 4.86. The van der Waals surface area contributed by atoms with E-state index in [1.807, 2.05) is 43.5 Å². The third kappa shape index (κ3) is 4.56. The summed E-state index contributed by atoms with van der Waals surface area (Å²) in [6.07, 6.45) is -3.22. The van der Waals surface area contributed by atoms with E-state index in [4.69, 9.17) is 11.6 Å². The van der Waals surface area contributed by atoms with Crippen LogP contribution >= 0.6 is 11.6 Å². The third-order valence-corrected chi connectivity index (χ3v) is 5.27. The molecule has 0 bridgehead atoms. The van der Waals surface area contributed by atoms with Gasteiger partial charge >= 0.3 is 6.18 Å². The lowest BCUT2D eigenvalue weighted by Crippen LogP contribution is -2.06. The Bertz CT molecular complexity index is 1190. The number of hydrogen-bond acceptors (Lipinski definition) is 4. The van der Waals surface area contributed by atoms with Gasteiger partial charge in [-0.1, -0.05) is 17.7 Å². The maximum Gasteiger partial charge on any atom is 0.416 e. The van der Waals surface area contributed by atoms with Crippen LogP contribution < -0.4 is 5.43 Å². The predicted octanol–water partition coefficient (Wildman–Crippen LogP) is 6.43. The summed E-state index contributed by atoms with van der Waals surface area (Å²) in [6, 6.07) is 9.69. The SMILES string of the molecule is Cc1c(Cl)cccc1-n1c(C)cc(/C=N\Nc2ccc(C(F)(F)F)cc2[N+](=O)[O-])c1C. The Morgan fingerprint density at radius 1 is 1.16 bits per heavy atom. The second-order valence-corrected chi connectivity index (χ2v) is 7.31. The minimum absolute atomic E-state index is 0.145. The first-order valence-electron chi connectivity index (χ1n) is 9.10. The average molecular weight is 451 g/mol. The monoisotopic (exact) mass is 450 g/mol. The number of nitrogens with one attached hydrogen (secondary N) is 1. The predicted molar refractivity (Wildman–Crippen MR) is 114 cm³/mol. The van der Waals surface area contributed by atoms with E-state index in [9.17, 15) is 23.3 Å². The van der Waals surface area contributed by atoms with Crippen molar-refractivity contribution in [2.24, 2.45) is 5.10 Å². The van der Waals surface area contributed by atoms with E-state index in [-0.39, 0.29) is 5.69 Å². The highest BCUT2D eigenvalue weighted by Gasteiger charge is 2.33. The number of nitro benzene ring substituents is 1. The van der Waals surface area contributed by atoms with Crippen LogP contribution in [0.5, 0.6) is 0 Å². The van der Waals surface area contributed by atoms with E-state index in [0.29, 0.717) is 11.1 Å². The fraction of sp³-hybridized carbons (Fsp3) is 0.190. The lowest BCUT2D eigenvalue weighted by Gasteiger charge is -2.13. The van der Waals surface area contributed by atoms with Gasteiger partial charge in [-0.15, -0.1) is 0 Å². The summed E-state index contributed by atoms with van der Waals surface area (Å²) in [6.45, 7) is 5.71. The summed E-state index contributed by atoms with van der Waals surface area (Å²) in [4.78, 5) is 10.3. The number of hydrogen-bond donors (Lipinski definition) is 1. The molecule has 0 unspecified atom stereocenters. The van der Waals surface area contributed by atoms with Gasteiger partial charge in [0.15, 0.2) is 0 Å². The standard InChI is InChI=1S/C21H18ClF3N4O2/c1-12-9-15(14(3)28(12)19-6-4-5-17(22)13(19)2)11-26-27-18-8-7-16(21(23,24)25)10-20(18)29(30)31/h4-11,27H,1-3H3/b26-11-. The number of hydrazone groups is 1. The van der Waals surface area contributed by atoms with Gasteiger partial charge in [0, 0.05) is 33.7 Å². The molecular formula is C21H18ClF3N4O2. The van der Waals surface area contributed by atoms with Gasteiger partial charge in [-0.05, 0) is 56.7 Å². The first-order chi connectivity index (χ1) is 14.5. The molecular weight excluding hydrogens is 433 g/mol. The minimum atomic E-state index is -4.68. The molecule has 6 nitrogen and oxygen atoms in total. The van der Waals surface area contributed by atoms with Crippen molar-refractivity contribution in [3.8, 4) is 5.69 Å². The van der Waals surface area contributed by atoms with Crippen molar-refractivity contribution in [1.29, 1.82) is 0 Å². The second kappa shape index (κ2) is 8.43. The van der Waals surface area contributed by atoms with E-state index in [1.165, 1.54) is 6.21 Å². The van der Waals surface area contributed by atoms with E-state index >= 15 is 0 Å². The number of anilines is 1. The van der Waals surface area contributed by atoms with E-state index in [2.05, 4.69) is 10.5 Å². The van der Waals surface area contributed by atoms with Crippen molar-refractivity contribution in [1.82, 2.24) is 4.57 Å². The lowest BCUT2D eigenvalue weighted by atomic mass is 10.1. The highest BCUT2D eigenvalue weighted by Crippen LogP contribution is 2.35. The van der Waals surface area contributed by atoms with Crippen molar-refractivity contribution in [3.63, 3.8) is 0 Å². The zero-order valence-electron chi connectivity index (χ0n) is 16.8. The molecule has 1 aromatic heterocycles. The maximum atomic E-state index is 12.8. The van der Waals surface area contributed by atoms with Crippen LogP contribution in [0.25, 0.3) is 5.69 Å². The zero-order valence-corrected chi connectivity index (χ0v) is 17.5. The number of alkyl halides is 3. The largest absolute Gasteiger partial charge is 0.416 e. The van der Waals surface area contributed by atoms with Crippen LogP contribution in [0.4, 0.5) is 24.5 Å². The van der Waals surface area contributed by atoms with Gasteiger partial charge in [-0.3, -0.25) is 15.5 Å². The molecule has 2 aromatic carbocycles. The zero-order chi connectivity index (χ0) is 22.9. The molecule has 0 radical (unpaired) electrons. The van der Waals surface area contributed by atoms with Crippen molar-refractivity contribution in [3.05, 3.63) is 85.7 Å². The molecule has 1 heterocycles. The highest BCUT2D eigenvalue weighted by atomic mass is 35.5. The molecule has 3 aromatic rings. The number of aryl methyl sites for hydroxylation is 1. The summed E-state index contributed by atoms with van der Waals surface area (Å²) >= 11 is 6.23. The van der Waals surface area contributed by atoms with Crippen molar-refractivity contribution >= 4 is 29.2 Å². The van der Waals surface area contributed by atoms with Gasteiger partial charge in [0.25, 0.3) is 5.69 Å². The second-order valence-electron chi connectivity index (χ2n) is 6.90. The molecule has 0 amide bonds. The normalized spacial score (nSPS) is 11.8. The van der Waals surface area contributed by atoms with Crippen LogP contribution in [-0.2, 0) is 6.18 Å². The molecule has 162 valence electrons. The number of rotatable bonds is 5. The van der Waals surface area contributed by atoms with Crippen molar-refractivity contribution in [2.45, 2.75) is 26.9 Å². The molecule has 0 spiro atoms. The quantitative estimate of drug-likeness (QED) is 0.276. The molecule has 0 saturated heterocycles. The molecule has 0 fully saturated rings. The Kier molecular flexibility index (Phi) is 6.08. The van der Waals surface area contributed by atoms with E-state index < -0.39 is 22.4 Å². The van der Waals surface area contributed by atoms with Crippen LogP contribution in [0.3, 0.4) is 0 Å². The van der Waals surface area contributed by atoms with Crippen molar-refractivity contribution < 1.29 is 18.1 Å². The van der Waals surface area contributed by atoms with Gasteiger partial charge < -0.3 is 4.57 Å². The summed E-state index contributed by atoms with van der Waals surface area (Å²) in [7, 11) is 0. The summed E-state index contributed by atoms with van der Waals surface area (Å²) in [5, 5.41) is 15.8. The number of aromatic nitrogens is 1. The topological polar surface area (TPSA) is 72.5 Å². The summed E-state index contributed by atoms with van der Waals surface area (Å²) < 4.78 is 40.5. The molecule has 0 aliphatic carbocycles. The van der Waals surface area contributed by atoms with Gasteiger partial charge in [-0.25, -0.2) is 0 Å². The number of halogens is 4. The molecule has 0 aliphatic rings. The molecule has 1 N–H and O–H groups in total. The van der Waals surface area contributed by atoms with Gasteiger partial charge in [-0.2, -0.15) is 18.3 Å². The minimum Gasteiger partial charge on any atom is -0.318 e. The van der Waals surface area contributed by atoms with Crippen LogP contribution in [0.1, 0.15) is 28.1 Å². The molecule has 0 saturated carbocycles.